The second-order valence-corrected chi connectivity index (χ2v) is 6.25. The van der Waals surface area contributed by atoms with Gasteiger partial charge in [0.25, 0.3) is 0 Å². The predicted octanol–water partition coefficient (Wildman–Crippen LogP) is 2.63. The first-order valence-corrected chi connectivity index (χ1v) is 7.09. The number of methoxy groups -OCH3 is 1. The second kappa shape index (κ2) is 5.59. The fourth-order valence-electron chi connectivity index (χ4n) is 2.39. The number of ether oxygens (including phenoxy) is 1. The third-order valence-electron chi connectivity index (χ3n) is 3.68. The maximum atomic E-state index is 5.83. The van der Waals surface area contributed by atoms with Crippen LogP contribution in [0.3, 0.4) is 0 Å². The monoisotopic (exact) mass is 312 g/mol. The summed E-state index contributed by atoms with van der Waals surface area (Å²) in [4.78, 5) is 2.34. The van der Waals surface area contributed by atoms with Gasteiger partial charge in [0.2, 0.25) is 0 Å². The summed E-state index contributed by atoms with van der Waals surface area (Å²) in [5, 5.41) is 0. The molecule has 0 radical (unpaired) electrons. The molecule has 0 atom stereocenters. The van der Waals surface area contributed by atoms with Crippen LogP contribution >= 0.6 is 15.9 Å². The van der Waals surface area contributed by atoms with Crippen LogP contribution in [0.2, 0.25) is 0 Å². The predicted molar refractivity (Wildman–Crippen MR) is 77.7 cm³/mol. The quantitative estimate of drug-likeness (QED) is 0.877. The van der Waals surface area contributed by atoms with Crippen LogP contribution in [-0.2, 0) is 6.54 Å². The van der Waals surface area contributed by atoms with Crippen molar-refractivity contribution in [3.05, 3.63) is 28.2 Å². The van der Waals surface area contributed by atoms with E-state index in [0.717, 1.165) is 29.9 Å². The fourth-order valence-corrected chi connectivity index (χ4v) is 2.80. The van der Waals surface area contributed by atoms with Crippen molar-refractivity contribution in [1.82, 2.24) is 4.90 Å². The van der Waals surface area contributed by atoms with Gasteiger partial charge in [0.05, 0.1) is 7.11 Å². The van der Waals surface area contributed by atoms with Gasteiger partial charge in [0.15, 0.2) is 0 Å². The number of nitrogens with zero attached hydrogens (tertiary/aromatic N) is 1. The zero-order valence-electron chi connectivity index (χ0n) is 11.1. The number of hydrogen-bond donors (Lipinski definition) is 1. The molecule has 4 heteroatoms. The van der Waals surface area contributed by atoms with Crippen molar-refractivity contribution in [3.63, 3.8) is 0 Å². The zero-order chi connectivity index (χ0) is 13.2. The van der Waals surface area contributed by atoms with Gasteiger partial charge in [-0.15, -0.1) is 0 Å². The van der Waals surface area contributed by atoms with Crippen molar-refractivity contribution >= 4 is 15.9 Å². The van der Waals surface area contributed by atoms with E-state index in [0.29, 0.717) is 5.41 Å². The molecule has 0 heterocycles. The molecule has 0 spiro atoms. The average molecular weight is 313 g/mol. The fraction of sp³-hybridized carbons (Fsp3) is 0.571. The Kier molecular flexibility index (Phi) is 4.30. The molecule has 0 unspecified atom stereocenters. The summed E-state index contributed by atoms with van der Waals surface area (Å²) >= 11 is 3.51. The summed E-state index contributed by atoms with van der Waals surface area (Å²) in [6, 6.07) is 6.13. The van der Waals surface area contributed by atoms with Gasteiger partial charge in [0, 0.05) is 23.1 Å². The van der Waals surface area contributed by atoms with E-state index in [9.17, 15) is 0 Å². The zero-order valence-corrected chi connectivity index (χ0v) is 12.7. The van der Waals surface area contributed by atoms with Crippen LogP contribution in [0.1, 0.15) is 18.4 Å². The summed E-state index contributed by atoms with van der Waals surface area (Å²) in [5.74, 6) is 0.947. The van der Waals surface area contributed by atoms with Crippen molar-refractivity contribution in [2.45, 2.75) is 19.4 Å². The highest BCUT2D eigenvalue weighted by Crippen LogP contribution is 2.45. The molecule has 1 aliphatic carbocycles. The normalized spacial score (nSPS) is 16.9. The summed E-state index contributed by atoms with van der Waals surface area (Å²) < 4.78 is 6.49. The topological polar surface area (TPSA) is 38.5 Å². The highest BCUT2D eigenvalue weighted by Gasteiger charge is 2.41. The van der Waals surface area contributed by atoms with E-state index in [1.165, 1.54) is 18.4 Å². The third-order valence-corrected chi connectivity index (χ3v) is 4.17. The van der Waals surface area contributed by atoms with Gasteiger partial charge in [-0.05, 0) is 50.0 Å². The molecule has 2 N–H and O–H groups in total. The number of nitrogens with two attached hydrogens (primary N) is 1. The first-order valence-electron chi connectivity index (χ1n) is 6.30. The van der Waals surface area contributed by atoms with Crippen molar-refractivity contribution < 1.29 is 4.74 Å². The van der Waals surface area contributed by atoms with Crippen molar-refractivity contribution in [3.8, 4) is 5.75 Å². The molecule has 0 aromatic heterocycles. The van der Waals surface area contributed by atoms with Gasteiger partial charge in [-0.3, -0.25) is 0 Å². The molecule has 0 bridgehead atoms. The van der Waals surface area contributed by atoms with Crippen LogP contribution in [-0.4, -0.2) is 32.1 Å². The molecule has 1 aliphatic rings. The van der Waals surface area contributed by atoms with Crippen LogP contribution in [0.15, 0.2) is 22.7 Å². The smallest absolute Gasteiger partial charge is 0.123 e. The molecule has 0 amide bonds. The Hall–Kier alpha value is -0.580. The van der Waals surface area contributed by atoms with E-state index in [1.54, 1.807) is 7.11 Å². The Morgan fingerprint density at radius 3 is 2.72 bits per heavy atom. The summed E-state index contributed by atoms with van der Waals surface area (Å²) in [6.07, 6.45) is 2.53. The largest absolute Gasteiger partial charge is 0.496 e. The highest BCUT2D eigenvalue weighted by molar-refractivity contribution is 9.10. The molecule has 1 aromatic rings. The van der Waals surface area contributed by atoms with E-state index >= 15 is 0 Å². The van der Waals surface area contributed by atoms with Gasteiger partial charge in [-0.25, -0.2) is 0 Å². The summed E-state index contributed by atoms with van der Waals surface area (Å²) in [6.45, 7) is 2.76. The number of hydrogen-bond acceptors (Lipinski definition) is 3. The standard InChI is InChI=1S/C14H21BrN2O/c1-17(10-14(9-16)5-6-14)8-11-7-12(15)3-4-13(11)18-2/h3-4,7H,5-6,8-10,16H2,1-2H3. The lowest BCUT2D eigenvalue weighted by atomic mass is 10.1. The molecule has 100 valence electrons. The van der Waals surface area contributed by atoms with Crippen LogP contribution in [0.25, 0.3) is 0 Å². The molecule has 2 rings (SSSR count). The Morgan fingerprint density at radius 1 is 1.44 bits per heavy atom. The molecule has 3 nitrogen and oxygen atoms in total. The number of halogens is 1. The SMILES string of the molecule is COc1ccc(Br)cc1CN(C)CC1(CN)CC1. The lowest BCUT2D eigenvalue weighted by Crippen LogP contribution is -2.31. The van der Waals surface area contributed by atoms with E-state index in [-0.39, 0.29) is 0 Å². The molecular formula is C14H21BrN2O. The van der Waals surface area contributed by atoms with Crippen LogP contribution in [0, 0.1) is 5.41 Å². The van der Waals surface area contributed by atoms with E-state index in [2.05, 4.69) is 33.9 Å². The van der Waals surface area contributed by atoms with Crippen LogP contribution in [0.4, 0.5) is 0 Å². The average Bonchev–Trinajstić information content (AvgIpc) is 3.09. The van der Waals surface area contributed by atoms with E-state index < -0.39 is 0 Å². The Morgan fingerprint density at radius 2 is 2.17 bits per heavy atom. The minimum absolute atomic E-state index is 0.383. The number of rotatable bonds is 6. The number of benzene rings is 1. The molecule has 1 saturated carbocycles. The molecule has 18 heavy (non-hydrogen) atoms. The minimum atomic E-state index is 0.383. The van der Waals surface area contributed by atoms with Gasteiger partial charge in [0.1, 0.15) is 5.75 Å². The van der Waals surface area contributed by atoms with Gasteiger partial charge in [-0.1, -0.05) is 15.9 Å². The minimum Gasteiger partial charge on any atom is -0.496 e. The lowest BCUT2D eigenvalue weighted by molar-refractivity contribution is 0.255. The first-order chi connectivity index (χ1) is 8.58. The Balaban J connectivity index is 2.02. The van der Waals surface area contributed by atoms with Crippen molar-refractivity contribution in [2.75, 3.05) is 27.2 Å². The lowest BCUT2D eigenvalue weighted by Gasteiger charge is -2.23. The molecule has 0 aliphatic heterocycles. The second-order valence-electron chi connectivity index (χ2n) is 5.33. The molecule has 0 saturated heterocycles. The molecular weight excluding hydrogens is 292 g/mol. The Labute approximate surface area is 117 Å². The summed E-state index contributed by atoms with van der Waals surface area (Å²) in [5.41, 5.74) is 7.43. The summed E-state index contributed by atoms with van der Waals surface area (Å²) in [7, 11) is 3.87. The Bertz CT molecular complexity index is 418. The third kappa shape index (κ3) is 3.25. The first kappa shape index (κ1) is 13.8. The van der Waals surface area contributed by atoms with Gasteiger partial charge >= 0.3 is 0 Å². The van der Waals surface area contributed by atoms with Gasteiger partial charge < -0.3 is 15.4 Å². The van der Waals surface area contributed by atoms with E-state index in [4.69, 9.17) is 10.5 Å². The van der Waals surface area contributed by atoms with E-state index in [1.807, 2.05) is 12.1 Å². The highest BCUT2D eigenvalue weighted by atomic mass is 79.9. The van der Waals surface area contributed by atoms with Crippen LogP contribution < -0.4 is 10.5 Å². The van der Waals surface area contributed by atoms with Gasteiger partial charge in [-0.2, -0.15) is 0 Å². The van der Waals surface area contributed by atoms with Crippen molar-refractivity contribution in [2.24, 2.45) is 11.1 Å². The molecule has 1 aromatic carbocycles. The van der Waals surface area contributed by atoms with Crippen LogP contribution in [0.5, 0.6) is 5.75 Å². The maximum absolute atomic E-state index is 5.83. The van der Waals surface area contributed by atoms with Crippen molar-refractivity contribution in [1.29, 1.82) is 0 Å². The molecule has 1 fully saturated rings. The maximum Gasteiger partial charge on any atom is 0.123 e.